The van der Waals surface area contributed by atoms with Gasteiger partial charge in [0, 0.05) is 5.92 Å². The van der Waals surface area contributed by atoms with Gasteiger partial charge in [0.25, 0.3) is 0 Å². The molecule has 0 saturated heterocycles. The van der Waals surface area contributed by atoms with Gasteiger partial charge < -0.3 is 4.79 Å². The lowest BCUT2D eigenvalue weighted by molar-refractivity contribution is -0.111. The summed E-state index contributed by atoms with van der Waals surface area (Å²) in [6.45, 7) is 6.03. The van der Waals surface area contributed by atoms with Gasteiger partial charge in [0.05, 0.1) is 0 Å². The van der Waals surface area contributed by atoms with Crippen LogP contribution in [0.4, 0.5) is 0 Å². The Morgan fingerprint density at radius 1 is 1.12 bits per heavy atom. The minimum Gasteiger partial charge on any atom is -0.303 e. The molecule has 17 heavy (non-hydrogen) atoms. The molecule has 0 aromatic rings. The van der Waals surface area contributed by atoms with Crippen LogP contribution >= 0.6 is 15.9 Å². The monoisotopic (exact) mass is 302 g/mol. The van der Waals surface area contributed by atoms with Crippen molar-refractivity contribution in [3.05, 3.63) is 11.1 Å². The number of carbonyl (C=O) groups excluding carboxylic acids is 1. The Kier molecular flexibility index (Phi) is 12.3. The quantitative estimate of drug-likeness (QED) is 0.337. The molecule has 0 aromatic heterocycles. The topological polar surface area (TPSA) is 17.1 Å². The Morgan fingerprint density at radius 3 is 2.12 bits per heavy atom. The molecule has 0 amide bonds. The highest BCUT2D eigenvalue weighted by Crippen LogP contribution is 2.19. The van der Waals surface area contributed by atoms with E-state index in [0.29, 0.717) is 0 Å². The molecule has 0 radical (unpaired) electrons. The van der Waals surface area contributed by atoms with Crippen LogP contribution in [0.15, 0.2) is 11.1 Å². The van der Waals surface area contributed by atoms with E-state index >= 15 is 0 Å². The Labute approximate surface area is 115 Å². The number of unbranched alkanes of at least 4 members (excludes halogenated alkanes) is 7. The molecular weight excluding hydrogens is 276 g/mol. The van der Waals surface area contributed by atoms with E-state index in [4.69, 9.17) is 0 Å². The predicted octanol–water partition coefficient (Wildman–Crippen LogP) is 5.63. The maximum Gasteiger partial charge on any atom is 0.123 e. The first-order valence-electron chi connectivity index (χ1n) is 6.99. The smallest absolute Gasteiger partial charge is 0.123 e. The average molecular weight is 303 g/mol. The zero-order valence-corrected chi connectivity index (χ0v) is 12.8. The third-order valence-corrected chi connectivity index (χ3v) is 3.43. The van der Waals surface area contributed by atoms with E-state index in [1.165, 1.54) is 51.4 Å². The van der Waals surface area contributed by atoms with Gasteiger partial charge in [-0.25, -0.2) is 0 Å². The number of allylic oxidation sites excluding steroid dienone is 1. The average Bonchev–Trinajstić information content (AvgIpc) is 2.30. The number of aldehydes is 1. The zero-order chi connectivity index (χ0) is 12.9. The molecule has 0 spiro atoms. The van der Waals surface area contributed by atoms with Crippen molar-refractivity contribution in [2.45, 2.75) is 71.1 Å². The lowest BCUT2D eigenvalue weighted by atomic mass is 9.98. The van der Waals surface area contributed by atoms with Crippen molar-refractivity contribution in [2.75, 3.05) is 0 Å². The SMILES string of the molecule is C=C(Br)CC(C=O)CCCCCCCCCC. The molecule has 0 N–H and O–H groups in total. The molecule has 0 aliphatic carbocycles. The largest absolute Gasteiger partial charge is 0.303 e. The van der Waals surface area contributed by atoms with E-state index in [1.54, 1.807) is 0 Å². The fourth-order valence-corrected chi connectivity index (χ4v) is 2.46. The van der Waals surface area contributed by atoms with Gasteiger partial charge in [0.15, 0.2) is 0 Å². The second-order valence-electron chi connectivity index (χ2n) is 4.88. The Morgan fingerprint density at radius 2 is 1.65 bits per heavy atom. The standard InChI is InChI=1S/C15H27BrO/c1-3-4-5-6-7-8-9-10-11-15(13-17)12-14(2)16/h13,15H,2-12H2,1H3. The van der Waals surface area contributed by atoms with Crippen molar-refractivity contribution in [2.24, 2.45) is 5.92 Å². The third kappa shape index (κ3) is 12.1. The lowest BCUT2D eigenvalue weighted by Crippen LogP contribution is -2.01. The fourth-order valence-electron chi connectivity index (χ4n) is 2.04. The Bertz CT molecular complexity index is 201. The summed E-state index contributed by atoms with van der Waals surface area (Å²) < 4.78 is 0.939. The van der Waals surface area contributed by atoms with Crippen LogP contribution < -0.4 is 0 Å². The van der Waals surface area contributed by atoms with E-state index in [1.807, 2.05) is 0 Å². The predicted molar refractivity (Wildman–Crippen MR) is 79.5 cm³/mol. The van der Waals surface area contributed by atoms with Crippen molar-refractivity contribution in [3.8, 4) is 0 Å². The summed E-state index contributed by atoms with van der Waals surface area (Å²) in [4.78, 5) is 10.8. The first-order valence-corrected chi connectivity index (χ1v) is 7.78. The minimum absolute atomic E-state index is 0.168. The van der Waals surface area contributed by atoms with E-state index in [9.17, 15) is 4.79 Å². The Hall–Kier alpha value is -0.110. The zero-order valence-electron chi connectivity index (χ0n) is 11.2. The van der Waals surface area contributed by atoms with Gasteiger partial charge in [-0.1, -0.05) is 80.8 Å². The van der Waals surface area contributed by atoms with Gasteiger partial charge in [0.1, 0.15) is 6.29 Å². The van der Waals surface area contributed by atoms with E-state index in [2.05, 4.69) is 29.4 Å². The number of carbonyl (C=O) groups is 1. The number of rotatable bonds is 12. The highest BCUT2D eigenvalue weighted by atomic mass is 79.9. The normalized spacial score (nSPS) is 12.4. The van der Waals surface area contributed by atoms with Crippen LogP contribution in [0.5, 0.6) is 0 Å². The first-order chi connectivity index (χ1) is 8.20. The molecule has 0 aliphatic heterocycles. The summed E-state index contributed by atoms with van der Waals surface area (Å²) in [6.07, 6.45) is 13.5. The highest BCUT2D eigenvalue weighted by Gasteiger charge is 2.07. The van der Waals surface area contributed by atoms with E-state index in [0.717, 1.165) is 23.6 Å². The van der Waals surface area contributed by atoms with Crippen molar-refractivity contribution < 1.29 is 4.79 Å². The lowest BCUT2D eigenvalue weighted by Gasteiger charge is -2.08. The molecule has 0 saturated carbocycles. The van der Waals surface area contributed by atoms with Gasteiger partial charge in [-0.15, -0.1) is 0 Å². The van der Waals surface area contributed by atoms with Crippen LogP contribution in [0, 0.1) is 5.92 Å². The van der Waals surface area contributed by atoms with Crippen LogP contribution in [0.3, 0.4) is 0 Å². The Balaban J connectivity index is 3.31. The van der Waals surface area contributed by atoms with Gasteiger partial charge >= 0.3 is 0 Å². The molecule has 0 aromatic carbocycles. The minimum atomic E-state index is 0.168. The summed E-state index contributed by atoms with van der Waals surface area (Å²) in [5.41, 5.74) is 0. The molecule has 0 aliphatic rings. The summed E-state index contributed by atoms with van der Waals surface area (Å²) in [7, 11) is 0. The maximum absolute atomic E-state index is 10.8. The van der Waals surface area contributed by atoms with Crippen LogP contribution in [0.2, 0.25) is 0 Å². The van der Waals surface area contributed by atoms with Gasteiger partial charge in [-0.2, -0.15) is 0 Å². The third-order valence-electron chi connectivity index (χ3n) is 3.10. The number of hydrogen-bond donors (Lipinski definition) is 0. The molecule has 0 rings (SSSR count). The second-order valence-corrected chi connectivity index (χ2v) is 6.00. The van der Waals surface area contributed by atoms with Crippen molar-refractivity contribution in [1.29, 1.82) is 0 Å². The number of hydrogen-bond acceptors (Lipinski definition) is 1. The highest BCUT2D eigenvalue weighted by molar-refractivity contribution is 9.11. The molecule has 0 heterocycles. The molecule has 0 fully saturated rings. The summed E-state index contributed by atoms with van der Waals surface area (Å²) in [5.74, 6) is 0.168. The molecular formula is C15H27BrO. The molecule has 2 heteroatoms. The molecule has 1 nitrogen and oxygen atoms in total. The van der Waals surface area contributed by atoms with Crippen molar-refractivity contribution in [3.63, 3.8) is 0 Å². The van der Waals surface area contributed by atoms with E-state index in [-0.39, 0.29) is 5.92 Å². The molecule has 0 bridgehead atoms. The molecule has 1 atom stereocenters. The number of halogens is 1. The van der Waals surface area contributed by atoms with Crippen LogP contribution in [-0.4, -0.2) is 6.29 Å². The van der Waals surface area contributed by atoms with Gasteiger partial charge in [0.2, 0.25) is 0 Å². The van der Waals surface area contributed by atoms with Gasteiger partial charge in [-0.3, -0.25) is 0 Å². The van der Waals surface area contributed by atoms with Crippen molar-refractivity contribution >= 4 is 22.2 Å². The van der Waals surface area contributed by atoms with Gasteiger partial charge in [-0.05, 0) is 17.3 Å². The molecule has 100 valence electrons. The van der Waals surface area contributed by atoms with Crippen LogP contribution in [-0.2, 0) is 4.79 Å². The summed E-state index contributed by atoms with van der Waals surface area (Å²) in [6, 6.07) is 0. The van der Waals surface area contributed by atoms with Crippen molar-refractivity contribution in [1.82, 2.24) is 0 Å². The second kappa shape index (κ2) is 12.3. The maximum atomic E-state index is 10.8. The molecule has 1 unspecified atom stereocenters. The summed E-state index contributed by atoms with van der Waals surface area (Å²) in [5, 5.41) is 0. The fraction of sp³-hybridized carbons (Fsp3) is 0.800. The van der Waals surface area contributed by atoms with Crippen LogP contribution in [0.25, 0.3) is 0 Å². The summed E-state index contributed by atoms with van der Waals surface area (Å²) >= 11 is 3.32. The van der Waals surface area contributed by atoms with E-state index < -0.39 is 0 Å². The van der Waals surface area contributed by atoms with Crippen LogP contribution in [0.1, 0.15) is 71.1 Å². The first kappa shape index (κ1) is 16.9.